The van der Waals surface area contributed by atoms with Crippen LogP contribution in [0.2, 0.25) is 0 Å². The molecule has 1 aliphatic carbocycles. The van der Waals surface area contributed by atoms with Gasteiger partial charge in [0.25, 0.3) is 0 Å². The predicted molar refractivity (Wildman–Crippen MR) is 96.2 cm³/mol. The lowest BCUT2D eigenvalue weighted by Crippen LogP contribution is -2.27. The second kappa shape index (κ2) is 5.84. The number of hydrogen-bond donors (Lipinski definition) is 1. The third-order valence-electron chi connectivity index (χ3n) is 3.99. The SMILES string of the molecule is CC(C)(C)C1=CC(=Cc2ccccc2O)C=C(C(C)(C)C)C1=O. The number of hydrogen-bond acceptors (Lipinski definition) is 2. The first-order valence-corrected chi connectivity index (χ1v) is 7.99. The number of phenols is 1. The molecule has 0 amide bonds. The Kier molecular flexibility index (Phi) is 4.39. The highest BCUT2D eigenvalue weighted by Gasteiger charge is 2.33. The summed E-state index contributed by atoms with van der Waals surface area (Å²) >= 11 is 0. The molecule has 0 aliphatic heterocycles. The summed E-state index contributed by atoms with van der Waals surface area (Å²) in [4.78, 5) is 12.9. The number of para-hydroxylation sites is 1. The van der Waals surface area contributed by atoms with Crippen molar-refractivity contribution in [3.8, 4) is 5.75 Å². The van der Waals surface area contributed by atoms with E-state index in [9.17, 15) is 9.90 Å². The lowest BCUT2D eigenvalue weighted by molar-refractivity contribution is -0.114. The number of benzene rings is 1. The normalized spacial score (nSPS) is 16.1. The molecule has 2 heteroatoms. The van der Waals surface area contributed by atoms with Crippen molar-refractivity contribution in [1.29, 1.82) is 0 Å². The van der Waals surface area contributed by atoms with Crippen molar-refractivity contribution < 1.29 is 9.90 Å². The van der Waals surface area contributed by atoms with Crippen molar-refractivity contribution in [2.24, 2.45) is 10.8 Å². The van der Waals surface area contributed by atoms with Crippen LogP contribution in [-0.4, -0.2) is 10.9 Å². The van der Waals surface area contributed by atoms with E-state index in [0.29, 0.717) is 0 Å². The summed E-state index contributed by atoms with van der Waals surface area (Å²) in [6.45, 7) is 12.3. The number of aromatic hydroxyl groups is 1. The minimum Gasteiger partial charge on any atom is -0.507 e. The van der Waals surface area contributed by atoms with Gasteiger partial charge in [0.2, 0.25) is 0 Å². The van der Waals surface area contributed by atoms with Gasteiger partial charge < -0.3 is 5.11 Å². The highest BCUT2D eigenvalue weighted by molar-refractivity contribution is 6.12. The van der Waals surface area contributed by atoms with Gasteiger partial charge >= 0.3 is 0 Å². The summed E-state index contributed by atoms with van der Waals surface area (Å²) in [5, 5.41) is 9.99. The van der Waals surface area contributed by atoms with Gasteiger partial charge in [-0.15, -0.1) is 0 Å². The number of Topliss-reactive ketones (excluding diaryl/α,β-unsaturated/α-hetero) is 1. The summed E-state index contributed by atoms with van der Waals surface area (Å²) in [6.07, 6.45) is 5.83. The maximum absolute atomic E-state index is 12.9. The Morgan fingerprint density at radius 1 is 0.870 bits per heavy atom. The zero-order valence-electron chi connectivity index (χ0n) is 14.9. The molecule has 2 rings (SSSR count). The lowest BCUT2D eigenvalue weighted by Gasteiger charge is -2.31. The van der Waals surface area contributed by atoms with Gasteiger partial charge in [-0.2, -0.15) is 0 Å². The second-order valence-corrected chi connectivity index (χ2v) is 8.15. The topological polar surface area (TPSA) is 37.3 Å². The zero-order valence-corrected chi connectivity index (χ0v) is 14.9. The summed E-state index contributed by atoms with van der Waals surface area (Å²) in [7, 11) is 0. The molecule has 0 spiro atoms. The van der Waals surface area contributed by atoms with E-state index in [1.807, 2.05) is 30.4 Å². The first-order valence-electron chi connectivity index (χ1n) is 7.99. The van der Waals surface area contributed by atoms with Crippen LogP contribution >= 0.6 is 0 Å². The predicted octanol–water partition coefficient (Wildman–Crippen LogP) is 5.30. The van der Waals surface area contributed by atoms with Gasteiger partial charge in [0.15, 0.2) is 5.78 Å². The fourth-order valence-electron chi connectivity index (χ4n) is 2.64. The molecule has 0 unspecified atom stereocenters. The number of allylic oxidation sites excluding steroid dienone is 5. The minimum absolute atomic E-state index is 0.124. The molecular weight excluding hydrogens is 284 g/mol. The van der Waals surface area contributed by atoms with Crippen molar-refractivity contribution >= 4 is 11.9 Å². The average Bonchev–Trinajstić information content (AvgIpc) is 2.40. The largest absolute Gasteiger partial charge is 0.507 e. The minimum atomic E-state index is -0.223. The van der Waals surface area contributed by atoms with Crippen LogP contribution < -0.4 is 0 Å². The molecule has 0 saturated heterocycles. The van der Waals surface area contributed by atoms with Crippen LogP contribution in [0.5, 0.6) is 5.75 Å². The Morgan fingerprint density at radius 3 is 1.78 bits per heavy atom. The quantitative estimate of drug-likeness (QED) is 0.764. The fourth-order valence-corrected chi connectivity index (χ4v) is 2.64. The third kappa shape index (κ3) is 3.82. The molecule has 1 aliphatic rings. The van der Waals surface area contributed by atoms with Gasteiger partial charge in [-0.05, 0) is 40.7 Å². The van der Waals surface area contributed by atoms with Gasteiger partial charge in [0.1, 0.15) is 5.75 Å². The van der Waals surface area contributed by atoms with Crippen LogP contribution in [0, 0.1) is 10.8 Å². The highest BCUT2D eigenvalue weighted by atomic mass is 16.3. The molecule has 0 heterocycles. The molecular formula is C21H26O2. The number of carbonyl (C=O) groups is 1. The molecule has 0 saturated carbocycles. The Balaban J connectivity index is 2.61. The Morgan fingerprint density at radius 2 is 1.35 bits per heavy atom. The van der Waals surface area contributed by atoms with E-state index >= 15 is 0 Å². The van der Waals surface area contributed by atoms with Gasteiger partial charge in [0.05, 0.1) is 0 Å². The standard InChI is InChI=1S/C21H26O2/c1-20(2,3)16-12-14(11-15-9-7-8-10-18(15)22)13-17(19(16)23)21(4,5)6/h7-13,22H,1-6H3. The molecule has 23 heavy (non-hydrogen) atoms. The van der Waals surface area contributed by atoms with Crippen molar-refractivity contribution in [3.05, 3.63) is 58.7 Å². The number of carbonyl (C=O) groups excluding carboxylic acids is 1. The van der Waals surface area contributed by atoms with Crippen LogP contribution in [0.4, 0.5) is 0 Å². The van der Waals surface area contributed by atoms with Crippen LogP contribution in [-0.2, 0) is 4.79 Å². The Labute approximate surface area is 139 Å². The van der Waals surface area contributed by atoms with E-state index in [2.05, 4.69) is 41.5 Å². The molecule has 1 aromatic rings. The number of phenolic OH excluding ortho intramolecular Hbond substituents is 1. The molecule has 1 aromatic carbocycles. The lowest BCUT2D eigenvalue weighted by atomic mass is 9.72. The van der Waals surface area contributed by atoms with Crippen molar-refractivity contribution in [2.45, 2.75) is 41.5 Å². The van der Waals surface area contributed by atoms with E-state index in [4.69, 9.17) is 0 Å². The van der Waals surface area contributed by atoms with Crippen molar-refractivity contribution in [3.63, 3.8) is 0 Å². The second-order valence-electron chi connectivity index (χ2n) is 8.15. The first-order chi connectivity index (χ1) is 10.5. The van der Waals surface area contributed by atoms with E-state index in [1.165, 1.54) is 0 Å². The van der Waals surface area contributed by atoms with E-state index in [0.717, 1.165) is 22.3 Å². The van der Waals surface area contributed by atoms with Crippen LogP contribution in [0.15, 0.2) is 53.1 Å². The molecule has 0 bridgehead atoms. The molecule has 122 valence electrons. The molecule has 0 fully saturated rings. The highest BCUT2D eigenvalue weighted by Crippen LogP contribution is 2.39. The van der Waals surface area contributed by atoms with Crippen molar-refractivity contribution in [2.75, 3.05) is 0 Å². The fraction of sp³-hybridized carbons (Fsp3) is 0.381. The van der Waals surface area contributed by atoms with Gasteiger partial charge in [-0.25, -0.2) is 0 Å². The summed E-state index contributed by atoms with van der Waals surface area (Å²) in [6, 6.07) is 7.23. The van der Waals surface area contributed by atoms with E-state index < -0.39 is 0 Å². The third-order valence-corrected chi connectivity index (χ3v) is 3.99. The molecule has 0 aromatic heterocycles. The average molecular weight is 310 g/mol. The Bertz CT molecular complexity index is 681. The molecule has 0 atom stereocenters. The maximum atomic E-state index is 12.9. The summed E-state index contributed by atoms with van der Waals surface area (Å²) < 4.78 is 0. The van der Waals surface area contributed by atoms with Crippen LogP contribution in [0.1, 0.15) is 47.1 Å². The maximum Gasteiger partial charge on any atom is 0.186 e. The summed E-state index contributed by atoms with van der Waals surface area (Å²) in [5.74, 6) is 0.368. The number of rotatable bonds is 1. The first kappa shape index (κ1) is 17.3. The van der Waals surface area contributed by atoms with E-state index in [-0.39, 0.29) is 22.4 Å². The Hall–Kier alpha value is -2.09. The van der Waals surface area contributed by atoms with Gasteiger partial charge in [-0.3, -0.25) is 4.79 Å². The monoisotopic (exact) mass is 310 g/mol. The van der Waals surface area contributed by atoms with Crippen LogP contribution in [0.25, 0.3) is 6.08 Å². The molecule has 0 radical (unpaired) electrons. The number of ketones is 1. The summed E-state index contributed by atoms with van der Waals surface area (Å²) in [5.41, 5.74) is 2.88. The van der Waals surface area contributed by atoms with Crippen LogP contribution in [0.3, 0.4) is 0 Å². The smallest absolute Gasteiger partial charge is 0.186 e. The van der Waals surface area contributed by atoms with Crippen molar-refractivity contribution in [1.82, 2.24) is 0 Å². The molecule has 2 nitrogen and oxygen atoms in total. The van der Waals surface area contributed by atoms with Gasteiger partial charge in [0, 0.05) is 16.7 Å². The van der Waals surface area contributed by atoms with E-state index in [1.54, 1.807) is 12.1 Å². The van der Waals surface area contributed by atoms with Gasteiger partial charge in [-0.1, -0.05) is 59.7 Å². The molecule has 1 N–H and O–H groups in total. The zero-order chi connectivity index (χ0) is 17.4.